The molecule has 0 saturated carbocycles. The Hall–Kier alpha value is -10.5. The number of furan rings is 1. The highest BCUT2D eigenvalue weighted by atomic mass is 32.1. The maximum Gasteiger partial charge on any atom is 0.164 e. The average Bonchev–Trinajstić information content (AvgIpc) is 1.86. The largest absolute Gasteiger partial charge is 0.455 e. The van der Waals surface area contributed by atoms with Crippen molar-refractivity contribution in [1.29, 1.82) is 0 Å². The van der Waals surface area contributed by atoms with E-state index in [-0.39, 0.29) is 0 Å². The van der Waals surface area contributed by atoms with E-state index in [9.17, 15) is 0 Å². The highest BCUT2D eigenvalue weighted by Crippen LogP contribution is 2.49. The molecule has 0 aliphatic heterocycles. The lowest BCUT2D eigenvalue weighted by Crippen LogP contribution is -2.04. The van der Waals surface area contributed by atoms with Crippen LogP contribution in [0.15, 0.2) is 265 Å². The Bertz CT molecular complexity index is 5500. The monoisotopic (exact) mass is 1090 g/mol. The van der Waals surface area contributed by atoms with Crippen LogP contribution in [-0.4, -0.2) is 24.1 Å². The summed E-state index contributed by atoms with van der Waals surface area (Å²) in [5, 5.41) is 11.6. The first-order chi connectivity index (χ1) is 41.1. The quantitative estimate of drug-likeness (QED) is 0.160. The molecule has 386 valence electrons. The molecule has 18 aromatic rings. The summed E-state index contributed by atoms with van der Waals surface area (Å²) in [5.74, 6) is 1.82. The van der Waals surface area contributed by atoms with Crippen LogP contribution in [0.3, 0.4) is 0 Å². The SMILES string of the molecule is c1ccc(-c2cc(-c3nc(-c4ccc5c(c4)sc4ccccc45)nc(-c4ccc5c(c4)sc4ccccc45)n3)cc(-c3ccccc3)c2-n2c3ccccc3c3c4oc5c(ccc6c5c5ccccc5n6-c5ccccc5)c4ccc32)cc1. The van der Waals surface area contributed by atoms with Gasteiger partial charge in [0.15, 0.2) is 17.5 Å². The molecule has 0 spiro atoms. The number of nitrogens with zero attached hydrogens (tertiary/aromatic N) is 5. The molecule has 0 saturated heterocycles. The minimum Gasteiger partial charge on any atom is -0.455 e. The molecule has 0 atom stereocenters. The molecule has 6 heterocycles. The van der Waals surface area contributed by atoms with E-state index in [2.05, 4.69) is 270 Å². The maximum atomic E-state index is 7.43. The summed E-state index contributed by atoms with van der Waals surface area (Å²) in [4.78, 5) is 16.4. The summed E-state index contributed by atoms with van der Waals surface area (Å²) in [6, 6.07) is 93.8. The number of para-hydroxylation sites is 3. The van der Waals surface area contributed by atoms with Gasteiger partial charge in [0, 0.05) is 95.4 Å². The first-order valence-electron chi connectivity index (χ1n) is 27.9. The zero-order valence-corrected chi connectivity index (χ0v) is 45.9. The van der Waals surface area contributed by atoms with Gasteiger partial charge in [0.05, 0.1) is 38.5 Å². The van der Waals surface area contributed by atoms with Gasteiger partial charge in [-0.05, 0) is 96.1 Å². The van der Waals surface area contributed by atoms with Gasteiger partial charge in [0.25, 0.3) is 0 Å². The van der Waals surface area contributed by atoms with Gasteiger partial charge >= 0.3 is 0 Å². The van der Waals surface area contributed by atoms with Crippen molar-refractivity contribution in [1.82, 2.24) is 24.1 Å². The summed E-state index contributed by atoms with van der Waals surface area (Å²) < 4.78 is 17.1. The summed E-state index contributed by atoms with van der Waals surface area (Å²) in [5.41, 5.74) is 15.2. The van der Waals surface area contributed by atoms with E-state index >= 15 is 0 Å². The normalized spacial score (nSPS) is 12.1. The molecule has 0 N–H and O–H groups in total. The minimum absolute atomic E-state index is 0.588. The fourth-order valence-electron chi connectivity index (χ4n) is 13.1. The lowest BCUT2D eigenvalue weighted by Gasteiger charge is -2.21. The third-order valence-electron chi connectivity index (χ3n) is 16.8. The minimum atomic E-state index is 0.588. The van der Waals surface area contributed by atoms with Gasteiger partial charge in [-0.2, -0.15) is 0 Å². The highest BCUT2D eigenvalue weighted by Gasteiger charge is 2.27. The van der Waals surface area contributed by atoms with Gasteiger partial charge < -0.3 is 13.6 Å². The molecule has 8 heteroatoms. The van der Waals surface area contributed by atoms with E-state index in [1.54, 1.807) is 22.7 Å². The van der Waals surface area contributed by atoms with Crippen LogP contribution in [0.5, 0.6) is 0 Å². The van der Waals surface area contributed by atoms with Crippen LogP contribution in [0.4, 0.5) is 0 Å². The first-order valence-corrected chi connectivity index (χ1v) is 29.5. The average molecular weight is 1090 g/mol. The van der Waals surface area contributed by atoms with Crippen LogP contribution in [0.25, 0.3) is 174 Å². The van der Waals surface area contributed by atoms with Gasteiger partial charge in [-0.25, -0.2) is 15.0 Å². The smallest absolute Gasteiger partial charge is 0.164 e. The number of thiophene rings is 2. The topological polar surface area (TPSA) is 61.7 Å². The van der Waals surface area contributed by atoms with Crippen molar-refractivity contribution in [3.63, 3.8) is 0 Å². The van der Waals surface area contributed by atoms with Crippen LogP contribution in [-0.2, 0) is 0 Å². The number of aromatic nitrogens is 5. The van der Waals surface area contributed by atoms with Gasteiger partial charge in [0.2, 0.25) is 0 Å². The molecule has 0 radical (unpaired) electrons. The molecule has 12 aromatic carbocycles. The number of hydrogen-bond acceptors (Lipinski definition) is 6. The van der Waals surface area contributed by atoms with Gasteiger partial charge in [-0.15, -0.1) is 22.7 Å². The molecule has 6 aromatic heterocycles. The molecular formula is C75H43N5OS2. The predicted molar refractivity (Wildman–Crippen MR) is 349 cm³/mol. The van der Waals surface area contributed by atoms with Gasteiger partial charge in [0.1, 0.15) is 11.2 Å². The molecule has 6 nitrogen and oxygen atoms in total. The van der Waals surface area contributed by atoms with E-state index in [1.165, 1.54) is 40.3 Å². The standard InChI is InChI=1S/C75H43N5OS2/c1-4-18-44(19-5-1)58-40-48(75-77-73(46-32-34-52-50-24-12-16-30-64(50)82-66(52)42-46)76-74(78-75)47-33-35-53-51-25-13-17-31-65(51)83-67(53)43-47)41-59(45-20-6-2-7-21-45)70(58)80-61-29-15-11-27-57(61)69-63(80)39-37-55-54-36-38-62-68(71(54)81-72(55)69)56-26-10-14-28-60(56)79(62)49-22-8-3-9-23-49/h1-43H. The van der Waals surface area contributed by atoms with E-state index in [4.69, 9.17) is 19.4 Å². The zero-order valence-electron chi connectivity index (χ0n) is 44.3. The van der Waals surface area contributed by atoms with Crippen molar-refractivity contribution in [3.05, 3.63) is 261 Å². The molecule has 0 aliphatic carbocycles. The van der Waals surface area contributed by atoms with Crippen molar-refractivity contribution >= 4 is 129 Å². The highest BCUT2D eigenvalue weighted by molar-refractivity contribution is 7.26. The maximum absolute atomic E-state index is 7.43. The van der Waals surface area contributed by atoms with Crippen molar-refractivity contribution in [2.24, 2.45) is 0 Å². The second-order valence-electron chi connectivity index (χ2n) is 21.4. The number of hydrogen-bond donors (Lipinski definition) is 0. The first kappa shape index (κ1) is 46.3. The molecule has 18 rings (SSSR count). The van der Waals surface area contributed by atoms with Gasteiger partial charge in [-0.3, -0.25) is 0 Å². The van der Waals surface area contributed by atoms with Crippen LogP contribution in [0, 0.1) is 0 Å². The second-order valence-corrected chi connectivity index (χ2v) is 23.6. The fraction of sp³-hybridized carbons (Fsp3) is 0. The number of rotatable bonds is 7. The van der Waals surface area contributed by atoms with Crippen molar-refractivity contribution in [2.75, 3.05) is 0 Å². The lowest BCUT2D eigenvalue weighted by atomic mass is 9.92. The molecular weight excluding hydrogens is 1050 g/mol. The summed E-state index contributed by atoms with van der Waals surface area (Å²) in [6.07, 6.45) is 0. The van der Waals surface area contributed by atoms with E-state index in [1.807, 2.05) is 0 Å². The summed E-state index contributed by atoms with van der Waals surface area (Å²) >= 11 is 3.60. The fourth-order valence-corrected chi connectivity index (χ4v) is 15.4. The van der Waals surface area contributed by atoms with Crippen molar-refractivity contribution < 1.29 is 4.42 Å². The van der Waals surface area contributed by atoms with Crippen molar-refractivity contribution in [2.45, 2.75) is 0 Å². The predicted octanol–water partition coefficient (Wildman–Crippen LogP) is 21.0. The molecule has 0 unspecified atom stereocenters. The summed E-state index contributed by atoms with van der Waals surface area (Å²) in [7, 11) is 0. The molecule has 0 bridgehead atoms. The van der Waals surface area contributed by atoms with Crippen molar-refractivity contribution in [3.8, 4) is 67.8 Å². The van der Waals surface area contributed by atoms with E-state index in [0.29, 0.717) is 17.5 Å². The second kappa shape index (κ2) is 18.0. The number of fused-ring (bicyclic) bond motifs is 17. The molecule has 0 fully saturated rings. The third kappa shape index (κ3) is 7.04. The van der Waals surface area contributed by atoms with E-state index < -0.39 is 0 Å². The number of benzene rings is 12. The summed E-state index contributed by atoms with van der Waals surface area (Å²) in [6.45, 7) is 0. The third-order valence-corrected chi connectivity index (χ3v) is 19.0. The molecule has 83 heavy (non-hydrogen) atoms. The molecule has 0 aliphatic rings. The van der Waals surface area contributed by atoms with Crippen LogP contribution in [0.2, 0.25) is 0 Å². The lowest BCUT2D eigenvalue weighted by molar-refractivity contribution is 0.677. The Morgan fingerprint density at radius 1 is 0.277 bits per heavy atom. The Balaban J connectivity index is 0.903. The Morgan fingerprint density at radius 2 is 0.675 bits per heavy atom. The van der Waals surface area contributed by atoms with Crippen LogP contribution < -0.4 is 0 Å². The van der Waals surface area contributed by atoms with Gasteiger partial charge in [-0.1, -0.05) is 176 Å². The Labute approximate surface area is 482 Å². The zero-order chi connectivity index (χ0) is 54.3. The van der Waals surface area contributed by atoms with E-state index in [0.717, 1.165) is 116 Å². The molecule has 0 amide bonds. The van der Waals surface area contributed by atoms with Crippen LogP contribution >= 0.6 is 22.7 Å². The van der Waals surface area contributed by atoms with Crippen LogP contribution in [0.1, 0.15) is 0 Å². The Morgan fingerprint density at radius 3 is 1.19 bits per heavy atom. The Kier molecular flexibility index (Phi) is 10.0.